The van der Waals surface area contributed by atoms with Crippen molar-refractivity contribution >= 4 is 5.91 Å². The summed E-state index contributed by atoms with van der Waals surface area (Å²) >= 11 is 0. The Balaban J connectivity index is 1.51. The number of quaternary nitrogens is 1. The van der Waals surface area contributed by atoms with Crippen LogP contribution < -0.4 is 14.8 Å². The van der Waals surface area contributed by atoms with Crippen molar-refractivity contribution in [3.63, 3.8) is 0 Å². The van der Waals surface area contributed by atoms with Crippen LogP contribution in [0.1, 0.15) is 45.5 Å². The average Bonchev–Trinajstić information content (AvgIpc) is 3.07. The first-order chi connectivity index (χ1) is 21.5. The maximum absolute atomic E-state index is 15.8. The highest BCUT2D eigenvalue weighted by atomic mass is 16.6. The number of rotatable bonds is 9. The van der Waals surface area contributed by atoms with Gasteiger partial charge in [0.2, 0.25) is 0 Å². The summed E-state index contributed by atoms with van der Waals surface area (Å²) in [6.07, 6.45) is 0.248. The van der Waals surface area contributed by atoms with Crippen LogP contribution in [0.4, 0.5) is 0 Å². The lowest BCUT2D eigenvalue weighted by molar-refractivity contribution is -0.935. The number of benzene rings is 5. The van der Waals surface area contributed by atoms with Crippen LogP contribution in [0.5, 0.6) is 11.5 Å². The van der Waals surface area contributed by atoms with Gasteiger partial charge in [-0.25, -0.2) is 0 Å². The second-order valence-electron chi connectivity index (χ2n) is 11.2. The minimum absolute atomic E-state index is 0.119. The van der Waals surface area contributed by atoms with Gasteiger partial charge in [-0.15, -0.1) is 0 Å². The molecule has 6 nitrogen and oxygen atoms in total. The smallest absolute Gasteiger partial charge is 0.279 e. The molecule has 0 fully saturated rings. The summed E-state index contributed by atoms with van der Waals surface area (Å²) in [7, 11) is 3.19. The van der Waals surface area contributed by atoms with E-state index in [4.69, 9.17) is 9.47 Å². The summed E-state index contributed by atoms with van der Waals surface area (Å²) in [5.74, 6) is 0.821. The van der Waals surface area contributed by atoms with Crippen LogP contribution in [0.3, 0.4) is 0 Å². The second-order valence-corrected chi connectivity index (χ2v) is 11.2. The fraction of sp³-hybridized carbons (Fsp3) is 0.184. The van der Waals surface area contributed by atoms with Gasteiger partial charge in [0.15, 0.2) is 17.5 Å². The number of ether oxygens (including phenoxy) is 2. The van der Waals surface area contributed by atoms with Crippen LogP contribution in [0.2, 0.25) is 0 Å². The third-order valence-corrected chi connectivity index (χ3v) is 8.56. The number of fused-ring (bicyclic) bond motifs is 1. The molecular formula is C38H36N2O4. The van der Waals surface area contributed by atoms with E-state index in [-0.39, 0.29) is 18.9 Å². The summed E-state index contributed by atoms with van der Waals surface area (Å²) in [6, 6.07) is 41.0. The van der Waals surface area contributed by atoms with Gasteiger partial charge in [-0.1, -0.05) is 121 Å². The Hall–Kier alpha value is -4.91. The van der Waals surface area contributed by atoms with Crippen molar-refractivity contribution in [3.05, 3.63) is 172 Å². The third kappa shape index (κ3) is 5.70. The van der Waals surface area contributed by atoms with Crippen molar-refractivity contribution in [3.8, 4) is 11.5 Å². The van der Waals surface area contributed by atoms with Gasteiger partial charge in [-0.05, 0) is 28.8 Å². The van der Waals surface area contributed by atoms with Gasteiger partial charge >= 0.3 is 0 Å². The summed E-state index contributed by atoms with van der Waals surface area (Å²) in [6.45, 7) is 0.119. The molecule has 1 aliphatic heterocycles. The zero-order valence-electron chi connectivity index (χ0n) is 24.9. The molecule has 0 saturated heterocycles. The lowest BCUT2D eigenvalue weighted by Crippen LogP contribution is -2.62. The Labute approximate surface area is 258 Å². The number of methoxy groups -OCH3 is 2. The topological polar surface area (TPSA) is 70.6 Å². The first kappa shape index (κ1) is 29.2. The monoisotopic (exact) mass is 584 g/mol. The van der Waals surface area contributed by atoms with Crippen molar-refractivity contribution in [1.29, 1.82) is 0 Å². The van der Waals surface area contributed by atoms with Crippen molar-refractivity contribution < 1.29 is 18.9 Å². The van der Waals surface area contributed by atoms with Gasteiger partial charge in [-0.3, -0.25) is 4.79 Å². The lowest BCUT2D eigenvalue weighted by Gasteiger charge is -2.56. The highest BCUT2D eigenvalue weighted by Gasteiger charge is 2.48. The third-order valence-electron chi connectivity index (χ3n) is 8.56. The number of nitrogens with one attached hydrogen (secondary N) is 1. The van der Waals surface area contributed by atoms with E-state index >= 15 is 5.21 Å². The maximum Gasteiger partial charge on any atom is 0.279 e. The molecule has 0 aliphatic carbocycles. The molecule has 0 radical (unpaired) electrons. The Morgan fingerprint density at radius 1 is 0.773 bits per heavy atom. The first-order valence-corrected chi connectivity index (χ1v) is 14.8. The molecule has 0 aromatic heterocycles. The van der Waals surface area contributed by atoms with Crippen molar-refractivity contribution in [2.75, 3.05) is 14.2 Å². The maximum atomic E-state index is 15.8. The minimum atomic E-state index is -0.944. The van der Waals surface area contributed by atoms with Gasteiger partial charge < -0.3 is 24.6 Å². The van der Waals surface area contributed by atoms with E-state index in [1.165, 1.54) is 0 Å². The van der Waals surface area contributed by atoms with E-state index in [1.54, 1.807) is 14.2 Å². The number of carbonyl (C=O) groups is 1. The highest BCUT2D eigenvalue weighted by molar-refractivity contribution is 5.82. The molecule has 0 bridgehead atoms. The largest absolute Gasteiger partial charge is 0.631 e. The molecule has 1 aliphatic rings. The SMILES string of the molecule is COc1cc2c(cc1OC)[C@H](c1ccccc1)[N@@+]([O-])(Cc1ccccc1)[C@H](C(=O)NC(c1ccccc1)c1ccccc1)C2. The van der Waals surface area contributed by atoms with Crippen molar-refractivity contribution in [2.24, 2.45) is 0 Å². The van der Waals surface area contributed by atoms with Gasteiger partial charge in [0.05, 0.1) is 20.3 Å². The lowest BCUT2D eigenvalue weighted by atomic mass is 9.82. The molecule has 6 heteroatoms. The molecule has 0 spiro atoms. The number of hydrogen-bond acceptors (Lipinski definition) is 4. The first-order valence-electron chi connectivity index (χ1n) is 14.8. The summed E-state index contributed by atoms with van der Waals surface area (Å²) in [5.41, 5.74) is 5.33. The molecule has 1 heterocycles. The molecule has 5 aromatic carbocycles. The highest BCUT2D eigenvalue weighted by Crippen LogP contribution is 2.48. The Bertz CT molecular complexity index is 1660. The molecule has 1 N–H and O–H groups in total. The number of nitrogens with zero attached hydrogens (tertiary/aromatic N) is 1. The van der Waals surface area contributed by atoms with E-state index < -0.39 is 22.8 Å². The summed E-state index contributed by atoms with van der Waals surface area (Å²) < 4.78 is 10.6. The van der Waals surface area contributed by atoms with Gasteiger partial charge in [0.25, 0.3) is 5.91 Å². The van der Waals surface area contributed by atoms with Crippen LogP contribution in [-0.2, 0) is 17.8 Å². The quantitative estimate of drug-likeness (QED) is 0.148. The fourth-order valence-electron chi connectivity index (χ4n) is 6.46. The summed E-state index contributed by atoms with van der Waals surface area (Å²) in [5, 5.41) is 19.1. The Kier molecular flexibility index (Phi) is 8.46. The molecule has 222 valence electrons. The predicted octanol–water partition coefficient (Wildman–Crippen LogP) is 7.14. The van der Waals surface area contributed by atoms with Crippen molar-refractivity contribution in [1.82, 2.24) is 5.32 Å². The zero-order valence-corrected chi connectivity index (χ0v) is 24.9. The van der Waals surface area contributed by atoms with Gasteiger partial charge in [0.1, 0.15) is 12.6 Å². The van der Waals surface area contributed by atoms with E-state index in [9.17, 15) is 4.79 Å². The van der Waals surface area contributed by atoms with Crippen LogP contribution in [0, 0.1) is 5.21 Å². The Morgan fingerprint density at radius 3 is 1.82 bits per heavy atom. The molecule has 0 saturated carbocycles. The molecule has 6 rings (SSSR count). The molecule has 44 heavy (non-hydrogen) atoms. The number of amides is 1. The van der Waals surface area contributed by atoms with Crippen LogP contribution >= 0.6 is 0 Å². The van der Waals surface area contributed by atoms with E-state index in [2.05, 4.69) is 5.32 Å². The normalized spacial score (nSPS) is 19.2. The van der Waals surface area contributed by atoms with Gasteiger partial charge in [0, 0.05) is 23.1 Å². The fourth-order valence-corrected chi connectivity index (χ4v) is 6.46. The summed E-state index contributed by atoms with van der Waals surface area (Å²) in [4.78, 5) is 14.6. The molecule has 1 amide bonds. The van der Waals surface area contributed by atoms with Crippen LogP contribution in [0.15, 0.2) is 133 Å². The molecular weight excluding hydrogens is 548 g/mol. The molecule has 0 unspecified atom stereocenters. The van der Waals surface area contributed by atoms with E-state index in [0.717, 1.165) is 33.4 Å². The average molecular weight is 585 g/mol. The molecule has 5 aromatic rings. The molecule has 3 atom stereocenters. The Morgan fingerprint density at radius 2 is 1.27 bits per heavy atom. The standard InChI is InChI=1S/C38H36N2O4/c1-43-34-24-31-23-33(38(41)39-36(28-17-9-4-10-18-28)29-19-11-5-12-20-29)40(42,26-27-15-7-3-8-16-27)37(30-21-13-6-14-22-30)32(31)25-35(34)44-2/h3-22,24-25,33,36-37H,23,26H2,1-2H3,(H,39,41)/t33-,37-,40+/m0/s1. The number of hydroxylamine groups is 3. The van der Waals surface area contributed by atoms with E-state index in [1.807, 2.05) is 133 Å². The van der Waals surface area contributed by atoms with Crippen LogP contribution in [-0.4, -0.2) is 30.8 Å². The van der Waals surface area contributed by atoms with Crippen LogP contribution in [0.25, 0.3) is 0 Å². The second kappa shape index (κ2) is 12.8. The number of carbonyl (C=O) groups excluding carboxylic acids is 1. The van der Waals surface area contributed by atoms with Crippen molar-refractivity contribution in [2.45, 2.75) is 31.1 Å². The van der Waals surface area contributed by atoms with Gasteiger partial charge in [-0.2, -0.15) is 0 Å². The predicted molar refractivity (Wildman–Crippen MR) is 172 cm³/mol. The zero-order chi connectivity index (χ0) is 30.5. The van der Waals surface area contributed by atoms with E-state index in [0.29, 0.717) is 11.5 Å². The minimum Gasteiger partial charge on any atom is -0.631 e. The number of hydrogen-bond donors (Lipinski definition) is 1.